The molecule has 0 N–H and O–H groups in total. The van der Waals surface area contributed by atoms with Gasteiger partial charge >= 0.3 is 0 Å². The molecule has 11 aromatic rings. The van der Waals surface area contributed by atoms with E-state index in [0.29, 0.717) is 0 Å². The summed E-state index contributed by atoms with van der Waals surface area (Å²) in [5, 5.41) is 5.10. The minimum absolute atomic E-state index is 1.11. The Morgan fingerprint density at radius 3 is 1.45 bits per heavy atom. The van der Waals surface area contributed by atoms with Crippen molar-refractivity contribution in [3.63, 3.8) is 0 Å². The van der Waals surface area contributed by atoms with E-state index in [1.165, 1.54) is 92.3 Å². The van der Waals surface area contributed by atoms with E-state index < -0.39 is 0 Å². The molecule has 282 valence electrons. The normalized spacial score (nSPS) is 11.3. The minimum atomic E-state index is 1.11. The first-order valence-electron chi connectivity index (χ1n) is 20.5. The number of thiophene rings is 1. The van der Waals surface area contributed by atoms with Crippen LogP contribution in [0.4, 0.5) is 17.1 Å². The Hall–Kier alpha value is -7.52. The lowest BCUT2D eigenvalue weighted by Crippen LogP contribution is -2.10. The lowest BCUT2D eigenvalue weighted by atomic mass is 9.96. The van der Waals surface area contributed by atoms with E-state index >= 15 is 0 Å². The molecule has 0 unspecified atom stereocenters. The van der Waals surface area contributed by atoms with Gasteiger partial charge in [-0.2, -0.15) is 0 Å². The van der Waals surface area contributed by atoms with Crippen LogP contribution in [-0.4, -0.2) is 0 Å². The van der Waals surface area contributed by atoms with Gasteiger partial charge in [0.25, 0.3) is 0 Å². The molecular weight excluding hydrogens is 743 g/mol. The van der Waals surface area contributed by atoms with Gasteiger partial charge in [-0.1, -0.05) is 182 Å². The van der Waals surface area contributed by atoms with E-state index in [1.807, 2.05) is 11.3 Å². The first-order chi connectivity index (χ1) is 29.7. The van der Waals surface area contributed by atoms with Crippen molar-refractivity contribution in [2.24, 2.45) is 0 Å². The zero-order valence-electron chi connectivity index (χ0n) is 32.9. The number of hydrogen-bond donors (Lipinski definition) is 0. The third kappa shape index (κ3) is 6.73. The molecule has 1 nitrogen and oxygen atoms in total. The van der Waals surface area contributed by atoms with Gasteiger partial charge in [0.05, 0.1) is 10.4 Å². The van der Waals surface area contributed by atoms with Gasteiger partial charge in [-0.15, -0.1) is 11.3 Å². The molecule has 0 bridgehead atoms. The van der Waals surface area contributed by atoms with E-state index in [1.54, 1.807) is 0 Å². The summed E-state index contributed by atoms with van der Waals surface area (Å²) in [6.07, 6.45) is 0. The molecule has 2 heteroatoms. The highest BCUT2D eigenvalue weighted by atomic mass is 32.1. The zero-order valence-corrected chi connectivity index (χ0v) is 33.7. The number of nitrogens with zero attached hydrogens (tertiary/aromatic N) is 1. The minimum Gasteiger partial charge on any atom is -0.309 e. The predicted octanol–water partition coefficient (Wildman–Crippen LogP) is 17.0. The summed E-state index contributed by atoms with van der Waals surface area (Å²) in [5.74, 6) is 0. The molecule has 0 aliphatic carbocycles. The molecule has 60 heavy (non-hydrogen) atoms. The van der Waals surface area contributed by atoms with E-state index in [2.05, 4.69) is 241 Å². The molecule has 0 aliphatic rings. The molecule has 1 heterocycles. The van der Waals surface area contributed by atoms with Crippen LogP contribution in [0.25, 0.3) is 86.6 Å². The Morgan fingerprint density at radius 2 is 0.733 bits per heavy atom. The Kier molecular flexibility index (Phi) is 9.11. The summed E-state index contributed by atoms with van der Waals surface area (Å²) >= 11 is 1.86. The van der Waals surface area contributed by atoms with Crippen molar-refractivity contribution in [2.75, 3.05) is 4.90 Å². The van der Waals surface area contributed by atoms with Gasteiger partial charge in [0.1, 0.15) is 0 Å². The van der Waals surface area contributed by atoms with Crippen LogP contribution in [-0.2, 0) is 0 Å². The molecule has 1 aromatic heterocycles. The maximum Gasteiger partial charge on any atom is 0.0640 e. The lowest BCUT2D eigenvalue weighted by Gasteiger charge is -2.27. The maximum atomic E-state index is 2.43. The SMILES string of the molecule is c1ccc(-c2cccc(-c3cccc(N(c4ccc(-c5ccc(-c6cccc(-c7ccc8ccccc8c7)c6)cc5)cc4)c4cccc5c4sc4ccccc45)c3)c2)cc1. The third-order valence-corrected chi connectivity index (χ3v) is 12.9. The molecule has 0 spiro atoms. The molecule has 0 fully saturated rings. The first kappa shape index (κ1) is 35.6. The molecule has 0 radical (unpaired) electrons. The van der Waals surface area contributed by atoms with Crippen LogP contribution in [0.5, 0.6) is 0 Å². The van der Waals surface area contributed by atoms with Gasteiger partial charge in [-0.3, -0.25) is 0 Å². The van der Waals surface area contributed by atoms with Crippen LogP contribution in [0.2, 0.25) is 0 Å². The smallest absolute Gasteiger partial charge is 0.0640 e. The van der Waals surface area contributed by atoms with Gasteiger partial charge in [-0.25, -0.2) is 0 Å². The Morgan fingerprint density at radius 1 is 0.267 bits per heavy atom. The van der Waals surface area contributed by atoms with Crippen LogP contribution in [0.3, 0.4) is 0 Å². The summed E-state index contributed by atoms with van der Waals surface area (Å²) in [4.78, 5) is 2.43. The van der Waals surface area contributed by atoms with Crippen molar-refractivity contribution in [1.29, 1.82) is 0 Å². The monoisotopic (exact) mass is 781 g/mol. The first-order valence-corrected chi connectivity index (χ1v) is 21.3. The molecule has 0 saturated carbocycles. The van der Waals surface area contributed by atoms with Crippen molar-refractivity contribution in [1.82, 2.24) is 0 Å². The Balaban J connectivity index is 0.944. The summed E-state index contributed by atoms with van der Waals surface area (Å²) in [6.45, 7) is 0. The largest absolute Gasteiger partial charge is 0.309 e. The summed E-state index contributed by atoms with van der Waals surface area (Å²) in [7, 11) is 0. The highest BCUT2D eigenvalue weighted by molar-refractivity contribution is 7.26. The zero-order chi connectivity index (χ0) is 39.8. The fourth-order valence-corrected chi connectivity index (χ4v) is 9.78. The number of anilines is 3. The number of fused-ring (bicyclic) bond motifs is 4. The van der Waals surface area contributed by atoms with Gasteiger partial charge < -0.3 is 4.90 Å². The molecule has 0 aliphatic heterocycles. The van der Waals surface area contributed by atoms with Gasteiger partial charge in [0, 0.05) is 26.8 Å². The van der Waals surface area contributed by atoms with Gasteiger partial charge in [-0.05, 0) is 121 Å². The predicted molar refractivity (Wildman–Crippen MR) is 259 cm³/mol. The third-order valence-electron chi connectivity index (χ3n) is 11.7. The van der Waals surface area contributed by atoms with Gasteiger partial charge in [0.2, 0.25) is 0 Å². The van der Waals surface area contributed by atoms with Crippen molar-refractivity contribution >= 4 is 59.3 Å². The van der Waals surface area contributed by atoms with Crippen molar-refractivity contribution in [3.8, 4) is 55.6 Å². The van der Waals surface area contributed by atoms with Crippen LogP contribution in [0.1, 0.15) is 0 Å². The summed E-state index contributed by atoms with van der Waals surface area (Å²) in [5.41, 5.74) is 15.4. The molecule has 11 rings (SSSR count). The van der Waals surface area contributed by atoms with Gasteiger partial charge in [0.15, 0.2) is 0 Å². The second-order valence-electron chi connectivity index (χ2n) is 15.4. The molecular formula is C58H39NS. The molecule has 0 amide bonds. The van der Waals surface area contributed by atoms with E-state index in [0.717, 1.165) is 11.4 Å². The van der Waals surface area contributed by atoms with Crippen LogP contribution in [0.15, 0.2) is 237 Å². The maximum absolute atomic E-state index is 2.43. The van der Waals surface area contributed by atoms with Crippen molar-refractivity contribution in [2.45, 2.75) is 0 Å². The number of benzene rings is 10. The van der Waals surface area contributed by atoms with E-state index in [9.17, 15) is 0 Å². The highest BCUT2D eigenvalue weighted by Crippen LogP contribution is 2.45. The van der Waals surface area contributed by atoms with E-state index in [-0.39, 0.29) is 0 Å². The Labute approximate surface area is 354 Å². The molecule has 0 saturated heterocycles. The lowest BCUT2D eigenvalue weighted by molar-refractivity contribution is 1.30. The second-order valence-corrected chi connectivity index (χ2v) is 16.4. The Bertz CT molecular complexity index is 3310. The molecule has 10 aromatic carbocycles. The summed E-state index contributed by atoms with van der Waals surface area (Å²) in [6, 6.07) is 86.1. The van der Waals surface area contributed by atoms with Crippen molar-refractivity contribution < 1.29 is 0 Å². The van der Waals surface area contributed by atoms with Crippen molar-refractivity contribution in [3.05, 3.63) is 237 Å². The number of rotatable bonds is 8. The molecule has 0 atom stereocenters. The van der Waals surface area contributed by atoms with Crippen LogP contribution >= 0.6 is 11.3 Å². The topological polar surface area (TPSA) is 3.24 Å². The van der Waals surface area contributed by atoms with E-state index in [4.69, 9.17) is 0 Å². The standard InChI is InChI=1S/C58H39NS/c1-2-12-40(13-3-1)46-16-8-18-48(36-46)50-20-10-21-53(39-50)59(56-24-11-23-55-54-22-6-7-25-57(54)60-58(55)56)52-34-32-43(33-35-52)42-26-28-44(29-27-42)47-17-9-19-49(37-47)51-31-30-41-14-4-5-15-45(41)38-51/h1-39H. The van der Waals surface area contributed by atoms with Crippen LogP contribution in [0, 0.1) is 0 Å². The summed E-state index contributed by atoms with van der Waals surface area (Å²) < 4.78 is 2.57. The quantitative estimate of drug-likeness (QED) is 0.148. The fraction of sp³-hybridized carbons (Fsp3) is 0. The fourth-order valence-electron chi connectivity index (χ4n) is 8.57. The van der Waals surface area contributed by atoms with Crippen LogP contribution < -0.4 is 4.90 Å². The highest BCUT2D eigenvalue weighted by Gasteiger charge is 2.19. The second kappa shape index (κ2) is 15.3. The number of hydrogen-bond acceptors (Lipinski definition) is 2. The average Bonchev–Trinajstić information content (AvgIpc) is 3.72. The average molecular weight is 782 g/mol.